The highest BCUT2D eigenvalue weighted by atomic mass is 35.5. The molecule has 0 aliphatic carbocycles. The zero-order chi connectivity index (χ0) is 26.0. The van der Waals surface area contributed by atoms with E-state index in [1.165, 1.54) is 0 Å². The van der Waals surface area contributed by atoms with Gasteiger partial charge in [0.15, 0.2) is 0 Å². The van der Waals surface area contributed by atoms with Crippen molar-refractivity contribution < 1.29 is 9.59 Å². The molecule has 0 fully saturated rings. The van der Waals surface area contributed by atoms with Gasteiger partial charge in [-0.05, 0) is 47.7 Å². The summed E-state index contributed by atoms with van der Waals surface area (Å²) in [4.78, 5) is 29.1. The van der Waals surface area contributed by atoms with Crippen LogP contribution in [0.15, 0.2) is 109 Å². The lowest BCUT2D eigenvalue weighted by molar-refractivity contribution is -0.141. The lowest BCUT2D eigenvalue weighted by atomic mass is 10.0. The van der Waals surface area contributed by atoms with Gasteiger partial charge in [-0.1, -0.05) is 114 Å². The topological polar surface area (TPSA) is 49.4 Å². The van der Waals surface area contributed by atoms with E-state index in [-0.39, 0.29) is 11.8 Å². The van der Waals surface area contributed by atoms with Crippen LogP contribution in [0.25, 0.3) is 0 Å². The van der Waals surface area contributed by atoms with Gasteiger partial charge in [-0.2, -0.15) is 0 Å². The molecule has 0 radical (unpaired) electrons. The molecule has 4 aromatic rings. The Balaban J connectivity index is 1.62. The zero-order valence-electron chi connectivity index (χ0n) is 20.9. The third-order valence-electron chi connectivity index (χ3n) is 6.32. The first-order chi connectivity index (χ1) is 18.0. The number of carbonyl (C=O) groups is 2. The van der Waals surface area contributed by atoms with Crippen LogP contribution in [0.5, 0.6) is 0 Å². The Kier molecular flexibility index (Phi) is 9.12. The van der Waals surface area contributed by atoms with Crippen LogP contribution >= 0.6 is 11.6 Å². The van der Waals surface area contributed by atoms with E-state index in [9.17, 15) is 9.59 Å². The lowest BCUT2D eigenvalue weighted by Gasteiger charge is -2.32. The molecule has 5 heteroatoms. The lowest BCUT2D eigenvalue weighted by Crippen LogP contribution is -2.43. The van der Waals surface area contributed by atoms with Crippen molar-refractivity contribution in [3.8, 4) is 0 Å². The summed E-state index contributed by atoms with van der Waals surface area (Å²) in [6, 6.07) is 34.1. The second kappa shape index (κ2) is 12.9. The maximum Gasteiger partial charge on any atom is 0.247 e. The molecular formula is C32H31ClN2O2. The number of benzene rings is 4. The van der Waals surface area contributed by atoms with Crippen molar-refractivity contribution >= 4 is 23.4 Å². The summed E-state index contributed by atoms with van der Waals surface area (Å²) in [6.45, 7) is 2.71. The molecule has 0 heterocycles. The number of carbonyl (C=O) groups excluding carboxylic acids is 2. The molecule has 1 atom stereocenters. The Bertz CT molecular complexity index is 1290. The molecule has 4 aromatic carbocycles. The molecule has 0 aliphatic rings. The molecule has 4 rings (SSSR count). The van der Waals surface area contributed by atoms with Crippen molar-refractivity contribution in [2.45, 2.75) is 38.9 Å². The second-order valence-electron chi connectivity index (χ2n) is 9.15. The van der Waals surface area contributed by atoms with Crippen molar-refractivity contribution in [3.63, 3.8) is 0 Å². The summed E-state index contributed by atoms with van der Waals surface area (Å²) in [5.41, 5.74) is 4.93. The number of nitrogens with one attached hydrogen (secondary N) is 1. The predicted molar refractivity (Wildman–Crippen MR) is 149 cm³/mol. The highest BCUT2D eigenvalue weighted by molar-refractivity contribution is 6.30. The fraction of sp³-hybridized carbons (Fsp3) is 0.188. The fourth-order valence-electron chi connectivity index (χ4n) is 4.25. The van der Waals surface area contributed by atoms with Gasteiger partial charge in [0.2, 0.25) is 11.8 Å². The van der Waals surface area contributed by atoms with Crippen molar-refractivity contribution in [2.75, 3.05) is 0 Å². The molecule has 1 N–H and O–H groups in total. The second-order valence-corrected chi connectivity index (χ2v) is 9.59. The minimum absolute atomic E-state index is 0.0851. The standard InChI is InChI=1S/C32H31ClN2O2/c1-24-12-14-26(15-13-24)22-34-32(37)31(28-10-6-3-7-11-28)35(23-27-16-19-29(33)20-17-27)30(36)21-18-25-8-4-2-5-9-25/h2-17,19-20,31H,18,21-23H2,1H3,(H,34,37)/t31-/m0/s1. The molecule has 2 amide bonds. The molecule has 0 aromatic heterocycles. The number of amides is 2. The van der Waals surface area contributed by atoms with Gasteiger partial charge in [0.1, 0.15) is 6.04 Å². The summed E-state index contributed by atoms with van der Waals surface area (Å²) < 4.78 is 0. The van der Waals surface area contributed by atoms with E-state index in [4.69, 9.17) is 11.6 Å². The molecule has 188 valence electrons. The quantitative estimate of drug-likeness (QED) is 0.259. The zero-order valence-corrected chi connectivity index (χ0v) is 21.7. The van der Waals surface area contributed by atoms with Gasteiger partial charge in [-0.25, -0.2) is 0 Å². The van der Waals surface area contributed by atoms with Crippen LogP contribution in [0.4, 0.5) is 0 Å². The monoisotopic (exact) mass is 510 g/mol. The van der Waals surface area contributed by atoms with Gasteiger partial charge < -0.3 is 10.2 Å². The Morgan fingerprint density at radius 2 is 1.35 bits per heavy atom. The van der Waals surface area contributed by atoms with Crippen molar-refractivity contribution in [2.24, 2.45) is 0 Å². The Morgan fingerprint density at radius 3 is 2.00 bits per heavy atom. The molecule has 0 saturated carbocycles. The third-order valence-corrected chi connectivity index (χ3v) is 6.57. The van der Waals surface area contributed by atoms with E-state index in [1.54, 1.807) is 17.0 Å². The normalized spacial score (nSPS) is 11.5. The van der Waals surface area contributed by atoms with E-state index in [1.807, 2.05) is 104 Å². The van der Waals surface area contributed by atoms with Gasteiger partial charge in [-0.3, -0.25) is 9.59 Å². The number of hydrogen-bond donors (Lipinski definition) is 1. The summed E-state index contributed by atoms with van der Waals surface area (Å²) >= 11 is 6.10. The van der Waals surface area contributed by atoms with Gasteiger partial charge in [0.25, 0.3) is 0 Å². The minimum atomic E-state index is -0.773. The maximum atomic E-state index is 13.7. The van der Waals surface area contributed by atoms with E-state index in [2.05, 4.69) is 5.32 Å². The molecule has 37 heavy (non-hydrogen) atoms. The van der Waals surface area contributed by atoms with Crippen molar-refractivity contribution in [3.05, 3.63) is 142 Å². The first kappa shape index (κ1) is 26.2. The van der Waals surface area contributed by atoms with Crippen LogP contribution in [-0.4, -0.2) is 16.7 Å². The molecule has 0 spiro atoms. The minimum Gasteiger partial charge on any atom is -0.350 e. The van der Waals surface area contributed by atoms with Crippen molar-refractivity contribution in [1.82, 2.24) is 10.2 Å². The summed E-state index contributed by atoms with van der Waals surface area (Å²) in [6.07, 6.45) is 0.898. The molecule has 0 unspecified atom stereocenters. The Hall–Kier alpha value is -3.89. The molecular weight excluding hydrogens is 480 g/mol. The number of halogens is 1. The highest BCUT2D eigenvalue weighted by Gasteiger charge is 2.31. The third kappa shape index (κ3) is 7.55. The van der Waals surface area contributed by atoms with E-state index >= 15 is 0 Å². The predicted octanol–water partition coefficient (Wildman–Crippen LogP) is 6.67. The first-order valence-corrected chi connectivity index (χ1v) is 12.8. The number of rotatable bonds is 10. The Labute approximate surface area is 223 Å². The van der Waals surface area contributed by atoms with Crippen LogP contribution in [0.1, 0.15) is 40.3 Å². The molecule has 0 saturated heterocycles. The van der Waals surface area contributed by atoms with Gasteiger partial charge in [0.05, 0.1) is 0 Å². The number of hydrogen-bond acceptors (Lipinski definition) is 2. The number of aryl methyl sites for hydroxylation is 2. The van der Waals surface area contributed by atoms with Crippen molar-refractivity contribution in [1.29, 1.82) is 0 Å². The van der Waals surface area contributed by atoms with Gasteiger partial charge >= 0.3 is 0 Å². The van der Waals surface area contributed by atoms with Crippen LogP contribution in [0.3, 0.4) is 0 Å². The molecule has 0 bridgehead atoms. The SMILES string of the molecule is Cc1ccc(CNC(=O)[C@H](c2ccccc2)N(Cc2ccc(Cl)cc2)C(=O)CCc2ccccc2)cc1. The summed E-state index contributed by atoms with van der Waals surface area (Å²) in [5, 5.41) is 3.69. The average molecular weight is 511 g/mol. The van der Waals surface area contributed by atoms with E-state index in [0.29, 0.717) is 31.0 Å². The van der Waals surface area contributed by atoms with E-state index in [0.717, 1.165) is 27.8 Å². The van der Waals surface area contributed by atoms with Crippen LogP contribution in [0, 0.1) is 6.92 Å². The highest BCUT2D eigenvalue weighted by Crippen LogP contribution is 2.26. The van der Waals surface area contributed by atoms with Crippen LogP contribution in [-0.2, 0) is 29.1 Å². The molecule has 4 nitrogen and oxygen atoms in total. The smallest absolute Gasteiger partial charge is 0.247 e. The molecule has 0 aliphatic heterocycles. The van der Waals surface area contributed by atoms with Gasteiger partial charge in [0, 0.05) is 24.5 Å². The van der Waals surface area contributed by atoms with Crippen LogP contribution in [0.2, 0.25) is 5.02 Å². The number of nitrogens with zero attached hydrogens (tertiary/aromatic N) is 1. The largest absolute Gasteiger partial charge is 0.350 e. The van der Waals surface area contributed by atoms with Gasteiger partial charge in [-0.15, -0.1) is 0 Å². The average Bonchev–Trinajstić information content (AvgIpc) is 2.93. The first-order valence-electron chi connectivity index (χ1n) is 12.5. The van der Waals surface area contributed by atoms with E-state index < -0.39 is 6.04 Å². The fourth-order valence-corrected chi connectivity index (χ4v) is 4.38. The Morgan fingerprint density at radius 1 is 0.757 bits per heavy atom. The summed E-state index contributed by atoms with van der Waals surface area (Å²) in [7, 11) is 0. The summed E-state index contributed by atoms with van der Waals surface area (Å²) in [5.74, 6) is -0.299. The van der Waals surface area contributed by atoms with Crippen LogP contribution < -0.4 is 5.32 Å². The maximum absolute atomic E-state index is 13.7.